The maximum atomic E-state index is 11.4. The molecule has 2 rings (SSSR count). The van der Waals surface area contributed by atoms with Gasteiger partial charge in [-0.3, -0.25) is 0 Å². The first-order chi connectivity index (χ1) is 8.52. The number of aliphatic hydroxyl groups excluding tert-OH is 1. The summed E-state index contributed by atoms with van der Waals surface area (Å²) in [6.45, 7) is 0.567. The molecule has 0 bridgehead atoms. The minimum Gasteiger partial charge on any atom is -0.388 e. The Bertz CT molecular complexity index is 513. The van der Waals surface area contributed by atoms with Crippen LogP contribution in [0.5, 0.6) is 0 Å². The number of benzene rings is 1. The van der Waals surface area contributed by atoms with Crippen molar-refractivity contribution in [2.24, 2.45) is 11.7 Å². The highest BCUT2D eigenvalue weighted by Gasteiger charge is 2.33. The minimum atomic E-state index is -2.95. The zero-order chi connectivity index (χ0) is 13.2. The summed E-state index contributed by atoms with van der Waals surface area (Å²) in [7, 11) is -2.95. The van der Waals surface area contributed by atoms with Crippen LogP contribution in [0.25, 0.3) is 0 Å². The molecule has 3 N–H and O–H groups in total. The van der Waals surface area contributed by atoms with Crippen molar-refractivity contribution < 1.29 is 13.5 Å². The van der Waals surface area contributed by atoms with Gasteiger partial charge in [-0.2, -0.15) is 0 Å². The van der Waals surface area contributed by atoms with Crippen LogP contribution in [-0.2, 0) is 16.3 Å². The Hall–Kier alpha value is -0.910. The maximum Gasteiger partial charge on any atom is 0.150 e. The zero-order valence-electron chi connectivity index (χ0n) is 10.2. The molecule has 1 aliphatic rings. The zero-order valence-corrected chi connectivity index (χ0v) is 11.1. The molecule has 100 valence electrons. The normalized spacial score (nSPS) is 24.0. The van der Waals surface area contributed by atoms with Crippen molar-refractivity contribution in [2.75, 3.05) is 18.1 Å². The Balaban J connectivity index is 2.13. The quantitative estimate of drug-likeness (QED) is 0.841. The van der Waals surface area contributed by atoms with Gasteiger partial charge in [-0.05, 0) is 30.5 Å². The highest BCUT2D eigenvalue weighted by Crippen LogP contribution is 2.31. The van der Waals surface area contributed by atoms with Gasteiger partial charge in [-0.15, -0.1) is 0 Å². The van der Waals surface area contributed by atoms with Gasteiger partial charge in [-0.25, -0.2) is 8.42 Å². The van der Waals surface area contributed by atoms with E-state index < -0.39 is 15.9 Å². The molecule has 0 radical (unpaired) electrons. The Labute approximate surface area is 108 Å². The third kappa shape index (κ3) is 3.10. The molecule has 0 aliphatic carbocycles. The fraction of sp³-hybridized carbons (Fsp3) is 0.538. The molecule has 1 aromatic rings. The van der Waals surface area contributed by atoms with Crippen LogP contribution in [0.1, 0.15) is 23.7 Å². The molecule has 18 heavy (non-hydrogen) atoms. The van der Waals surface area contributed by atoms with E-state index in [9.17, 15) is 13.5 Å². The number of nitrogens with two attached hydrogens (primary N) is 1. The molecule has 5 heteroatoms. The molecule has 1 heterocycles. The van der Waals surface area contributed by atoms with E-state index >= 15 is 0 Å². The summed E-state index contributed by atoms with van der Waals surface area (Å²) >= 11 is 0. The first kappa shape index (κ1) is 13.5. The topological polar surface area (TPSA) is 80.4 Å². The average Bonchev–Trinajstić information content (AvgIpc) is 2.70. The molecule has 2 atom stereocenters. The third-order valence-corrected chi connectivity index (χ3v) is 5.23. The van der Waals surface area contributed by atoms with Crippen LogP contribution in [0, 0.1) is 5.92 Å². The van der Waals surface area contributed by atoms with Gasteiger partial charge in [0, 0.05) is 5.92 Å². The van der Waals surface area contributed by atoms with Crippen molar-refractivity contribution in [3.8, 4) is 0 Å². The fourth-order valence-corrected chi connectivity index (χ4v) is 4.27. The van der Waals surface area contributed by atoms with E-state index in [-0.39, 0.29) is 17.4 Å². The van der Waals surface area contributed by atoms with E-state index in [0.29, 0.717) is 13.0 Å². The van der Waals surface area contributed by atoms with Crippen molar-refractivity contribution in [3.63, 3.8) is 0 Å². The lowest BCUT2D eigenvalue weighted by Gasteiger charge is -2.17. The minimum absolute atomic E-state index is 0.0925. The first-order valence-corrected chi connectivity index (χ1v) is 8.01. The maximum absolute atomic E-state index is 11.4. The summed E-state index contributed by atoms with van der Waals surface area (Å²) in [6.07, 6.45) is 0.619. The number of rotatable bonds is 4. The molecule has 0 aromatic heterocycles. The van der Waals surface area contributed by atoms with Gasteiger partial charge in [-0.1, -0.05) is 24.3 Å². The molecular weight excluding hydrogens is 250 g/mol. The van der Waals surface area contributed by atoms with E-state index in [1.807, 2.05) is 24.3 Å². The van der Waals surface area contributed by atoms with Crippen molar-refractivity contribution in [2.45, 2.75) is 18.9 Å². The van der Waals surface area contributed by atoms with Gasteiger partial charge in [0.25, 0.3) is 0 Å². The summed E-state index contributed by atoms with van der Waals surface area (Å²) in [5.74, 6) is 0.107. The van der Waals surface area contributed by atoms with E-state index in [0.717, 1.165) is 17.5 Å². The number of sulfone groups is 1. The summed E-state index contributed by atoms with van der Waals surface area (Å²) < 4.78 is 22.8. The van der Waals surface area contributed by atoms with Gasteiger partial charge in [0.2, 0.25) is 0 Å². The van der Waals surface area contributed by atoms with E-state index in [2.05, 4.69) is 0 Å². The van der Waals surface area contributed by atoms with Crippen LogP contribution >= 0.6 is 0 Å². The molecule has 1 aromatic carbocycles. The molecule has 4 nitrogen and oxygen atoms in total. The molecule has 1 fully saturated rings. The molecule has 1 saturated heterocycles. The van der Waals surface area contributed by atoms with Crippen molar-refractivity contribution >= 4 is 9.84 Å². The number of hydrogen-bond acceptors (Lipinski definition) is 4. The Morgan fingerprint density at radius 3 is 2.83 bits per heavy atom. The first-order valence-electron chi connectivity index (χ1n) is 6.19. The third-order valence-electron chi connectivity index (χ3n) is 3.44. The van der Waals surface area contributed by atoms with Crippen LogP contribution in [0.4, 0.5) is 0 Å². The van der Waals surface area contributed by atoms with Gasteiger partial charge in [0.15, 0.2) is 9.84 Å². The molecular formula is C13H19NO3S. The highest BCUT2D eigenvalue weighted by molar-refractivity contribution is 7.91. The summed E-state index contributed by atoms with van der Waals surface area (Å²) in [5.41, 5.74) is 7.38. The fourth-order valence-electron chi connectivity index (χ4n) is 2.44. The molecule has 2 unspecified atom stereocenters. The Morgan fingerprint density at radius 1 is 1.44 bits per heavy atom. The molecule has 0 saturated carbocycles. The monoisotopic (exact) mass is 269 g/mol. The predicted molar refractivity (Wildman–Crippen MR) is 70.9 cm³/mol. The Kier molecular flexibility index (Phi) is 4.04. The second-order valence-electron chi connectivity index (χ2n) is 4.89. The lowest BCUT2D eigenvalue weighted by molar-refractivity contribution is 0.121. The predicted octanol–water partition coefficient (Wildman–Crippen LogP) is 0.656. The lowest BCUT2D eigenvalue weighted by atomic mass is 9.94. The SMILES string of the molecule is NCCc1cccc(C(O)C2CCS(=O)(=O)C2)c1. The van der Waals surface area contributed by atoms with Crippen LogP contribution in [0.2, 0.25) is 0 Å². The molecule has 1 aliphatic heterocycles. The summed E-state index contributed by atoms with van der Waals surface area (Å²) in [4.78, 5) is 0. The van der Waals surface area contributed by atoms with Gasteiger partial charge in [0.1, 0.15) is 0 Å². The lowest BCUT2D eigenvalue weighted by Crippen LogP contribution is -2.14. The molecule has 0 amide bonds. The van der Waals surface area contributed by atoms with Gasteiger partial charge >= 0.3 is 0 Å². The van der Waals surface area contributed by atoms with Crippen molar-refractivity contribution in [1.29, 1.82) is 0 Å². The standard InChI is InChI=1S/C13H19NO3S/c14-6-4-10-2-1-3-11(8-10)13(15)12-5-7-18(16,17)9-12/h1-3,8,12-13,15H,4-7,9,14H2. The number of aliphatic hydroxyl groups is 1. The van der Waals surface area contributed by atoms with Crippen LogP contribution in [-0.4, -0.2) is 31.6 Å². The Morgan fingerprint density at radius 2 is 2.22 bits per heavy atom. The average molecular weight is 269 g/mol. The second-order valence-corrected chi connectivity index (χ2v) is 7.12. The van der Waals surface area contributed by atoms with Crippen molar-refractivity contribution in [3.05, 3.63) is 35.4 Å². The van der Waals surface area contributed by atoms with Crippen molar-refractivity contribution in [1.82, 2.24) is 0 Å². The van der Waals surface area contributed by atoms with E-state index in [1.54, 1.807) is 0 Å². The largest absolute Gasteiger partial charge is 0.388 e. The van der Waals surface area contributed by atoms with E-state index in [4.69, 9.17) is 5.73 Å². The van der Waals surface area contributed by atoms with E-state index in [1.165, 1.54) is 0 Å². The van der Waals surface area contributed by atoms with Crippen LogP contribution < -0.4 is 5.73 Å². The highest BCUT2D eigenvalue weighted by atomic mass is 32.2. The number of hydrogen-bond donors (Lipinski definition) is 2. The van der Waals surface area contributed by atoms with Crippen LogP contribution in [0.3, 0.4) is 0 Å². The summed E-state index contributed by atoms with van der Waals surface area (Å²) in [6, 6.07) is 7.61. The second kappa shape index (κ2) is 5.38. The smallest absolute Gasteiger partial charge is 0.150 e. The summed E-state index contributed by atoms with van der Waals surface area (Å²) in [5, 5.41) is 10.2. The van der Waals surface area contributed by atoms with Crippen LogP contribution in [0.15, 0.2) is 24.3 Å². The van der Waals surface area contributed by atoms with Gasteiger partial charge in [0.05, 0.1) is 17.6 Å². The van der Waals surface area contributed by atoms with Gasteiger partial charge < -0.3 is 10.8 Å². The molecule has 0 spiro atoms.